The lowest BCUT2D eigenvalue weighted by Crippen LogP contribution is -3.11. The topological polar surface area (TPSA) is 52.0 Å². The van der Waals surface area contributed by atoms with Gasteiger partial charge in [-0.05, 0) is 23.8 Å². The van der Waals surface area contributed by atoms with Crippen molar-refractivity contribution in [1.82, 2.24) is 5.32 Å². The van der Waals surface area contributed by atoms with Crippen molar-refractivity contribution in [2.24, 2.45) is 5.92 Å². The highest BCUT2D eigenvalue weighted by Gasteiger charge is 2.28. The molecule has 1 saturated heterocycles. The maximum atomic E-state index is 12.5. The van der Waals surface area contributed by atoms with Crippen molar-refractivity contribution in [1.29, 1.82) is 0 Å². The Kier molecular flexibility index (Phi) is 7.18. The van der Waals surface area contributed by atoms with E-state index < -0.39 is 0 Å². The zero-order valence-corrected chi connectivity index (χ0v) is 17.2. The van der Waals surface area contributed by atoms with Crippen molar-refractivity contribution in [2.45, 2.75) is 25.9 Å². The quantitative estimate of drug-likeness (QED) is 0.746. The van der Waals surface area contributed by atoms with Gasteiger partial charge < -0.3 is 19.7 Å². The number of carbonyl (C=O) groups is 1. The molecule has 0 spiro atoms. The Bertz CT molecular complexity index is 804. The zero-order chi connectivity index (χ0) is 19.9. The van der Waals surface area contributed by atoms with E-state index in [1.54, 1.807) is 14.2 Å². The minimum atomic E-state index is 0.0680. The van der Waals surface area contributed by atoms with Gasteiger partial charge in [-0.15, -0.1) is 0 Å². The van der Waals surface area contributed by atoms with Gasteiger partial charge >= 0.3 is 0 Å². The molecule has 0 aromatic heterocycles. The fraction of sp³-hybridized carbons (Fsp3) is 0.409. The molecule has 1 amide bonds. The van der Waals surface area contributed by atoms with Gasteiger partial charge in [-0.3, -0.25) is 4.79 Å². The molecule has 0 saturated carbocycles. The number of likely N-dealkylation sites (tertiary alicyclic amines) is 1. The van der Waals surface area contributed by atoms with Crippen LogP contribution in [0.1, 0.15) is 24.0 Å². The molecule has 6 heteroatoms. The molecule has 150 valence electrons. The predicted octanol–water partition coefficient (Wildman–Crippen LogP) is 2.47. The summed E-state index contributed by atoms with van der Waals surface area (Å²) in [5.41, 5.74) is 2.09. The van der Waals surface area contributed by atoms with Crippen molar-refractivity contribution in [2.75, 3.05) is 27.3 Å². The maximum absolute atomic E-state index is 12.5. The average molecular weight is 404 g/mol. The molecule has 1 aliphatic heterocycles. The molecule has 0 atom stereocenters. The molecule has 1 heterocycles. The number of rotatable bonds is 7. The summed E-state index contributed by atoms with van der Waals surface area (Å²) in [6.07, 6.45) is 1.77. The standard InChI is InChI=1S/C22H27ClN2O3/c1-27-20-9-5-7-18(21(20)28-2)15-25-12-10-16(11-13-25)22(26)24-14-17-6-3-4-8-19(17)23/h3-9,16H,10-15H2,1-2H3,(H,24,26)/p+1. The van der Waals surface area contributed by atoms with E-state index in [0.717, 1.165) is 55.1 Å². The minimum absolute atomic E-state index is 0.0680. The first-order chi connectivity index (χ1) is 13.6. The van der Waals surface area contributed by atoms with E-state index in [2.05, 4.69) is 11.4 Å². The largest absolute Gasteiger partial charge is 0.493 e. The number of carbonyl (C=O) groups excluding carboxylic acids is 1. The fourth-order valence-corrected chi connectivity index (χ4v) is 4.00. The molecule has 2 N–H and O–H groups in total. The van der Waals surface area contributed by atoms with Crippen LogP contribution in [0.15, 0.2) is 42.5 Å². The number of hydrogen-bond donors (Lipinski definition) is 2. The Morgan fingerprint density at radius 1 is 1.07 bits per heavy atom. The van der Waals surface area contributed by atoms with E-state index in [1.807, 2.05) is 36.4 Å². The third-order valence-corrected chi connectivity index (χ3v) is 5.77. The van der Waals surface area contributed by atoms with Crippen LogP contribution in [0.25, 0.3) is 0 Å². The van der Waals surface area contributed by atoms with Gasteiger partial charge in [0.2, 0.25) is 5.91 Å². The maximum Gasteiger partial charge on any atom is 0.223 e. The molecule has 3 rings (SSSR count). The Morgan fingerprint density at radius 3 is 2.46 bits per heavy atom. The van der Waals surface area contributed by atoms with Crippen LogP contribution in [-0.4, -0.2) is 33.2 Å². The number of halogens is 1. The van der Waals surface area contributed by atoms with Crippen LogP contribution >= 0.6 is 11.6 Å². The summed E-state index contributed by atoms with van der Waals surface area (Å²) >= 11 is 6.16. The zero-order valence-electron chi connectivity index (χ0n) is 16.5. The summed E-state index contributed by atoms with van der Waals surface area (Å²) in [6, 6.07) is 13.6. The summed E-state index contributed by atoms with van der Waals surface area (Å²) < 4.78 is 10.9. The Morgan fingerprint density at radius 2 is 1.79 bits per heavy atom. The van der Waals surface area contributed by atoms with E-state index in [0.29, 0.717) is 11.6 Å². The average Bonchev–Trinajstić information content (AvgIpc) is 2.73. The highest BCUT2D eigenvalue weighted by Crippen LogP contribution is 2.30. The molecule has 0 aliphatic carbocycles. The monoisotopic (exact) mass is 403 g/mol. The lowest BCUT2D eigenvalue weighted by atomic mass is 9.95. The van der Waals surface area contributed by atoms with Crippen molar-refractivity contribution < 1.29 is 19.2 Å². The lowest BCUT2D eigenvalue weighted by molar-refractivity contribution is -0.919. The first-order valence-corrected chi connectivity index (χ1v) is 10.0. The molecule has 5 nitrogen and oxygen atoms in total. The first kappa shape index (κ1) is 20.5. The van der Waals surface area contributed by atoms with E-state index in [9.17, 15) is 4.79 Å². The summed E-state index contributed by atoms with van der Waals surface area (Å²) in [6.45, 7) is 3.27. The van der Waals surface area contributed by atoms with Gasteiger partial charge in [0.1, 0.15) is 6.54 Å². The van der Waals surface area contributed by atoms with Gasteiger partial charge in [0.05, 0.1) is 32.9 Å². The third kappa shape index (κ3) is 4.97. The summed E-state index contributed by atoms with van der Waals surface area (Å²) in [7, 11) is 3.33. The fourth-order valence-electron chi connectivity index (χ4n) is 3.80. The van der Waals surface area contributed by atoms with Gasteiger partial charge in [0, 0.05) is 30.3 Å². The highest BCUT2D eigenvalue weighted by molar-refractivity contribution is 6.31. The number of para-hydroxylation sites is 1. The van der Waals surface area contributed by atoms with E-state index in [4.69, 9.17) is 21.1 Å². The molecule has 0 bridgehead atoms. The molecule has 0 radical (unpaired) electrons. The molecule has 0 unspecified atom stereocenters. The van der Waals surface area contributed by atoms with Crippen molar-refractivity contribution in [3.05, 3.63) is 58.6 Å². The molecule has 2 aromatic carbocycles. The van der Waals surface area contributed by atoms with Gasteiger partial charge in [-0.1, -0.05) is 35.9 Å². The summed E-state index contributed by atoms with van der Waals surface area (Å²) in [5.74, 6) is 1.75. The number of nitrogens with one attached hydrogen (secondary N) is 2. The van der Waals surface area contributed by atoms with Gasteiger partial charge in [0.25, 0.3) is 0 Å². The molecular weight excluding hydrogens is 376 g/mol. The second-order valence-electron chi connectivity index (χ2n) is 7.16. The van der Waals surface area contributed by atoms with E-state index in [-0.39, 0.29) is 11.8 Å². The third-order valence-electron chi connectivity index (χ3n) is 5.40. The first-order valence-electron chi connectivity index (χ1n) is 9.67. The van der Waals surface area contributed by atoms with Crippen molar-refractivity contribution >= 4 is 17.5 Å². The number of hydrogen-bond acceptors (Lipinski definition) is 3. The normalized spacial score (nSPS) is 19.1. The van der Waals surface area contributed by atoms with Crippen molar-refractivity contribution in [3.8, 4) is 11.5 Å². The van der Waals surface area contributed by atoms with Crippen LogP contribution in [0.2, 0.25) is 5.02 Å². The van der Waals surface area contributed by atoms with Gasteiger partial charge in [-0.25, -0.2) is 0 Å². The number of piperidine rings is 1. The van der Waals surface area contributed by atoms with Crippen LogP contribution in [0.4, 0.5) is 0 Å². The Hall–Kier alpha value is -2.24. The minimum Gasteiger partial charge on any atom is -0.493 e. The molecule has 1 fully saturated rings. The second-order valence-corrected chi connectivity index (χ2v) is 7.57. The second kappa shape index (κ2) is 9.80. The number of methoxy groups -OCH3 is 2. The number of quaternary nitrogens is 1. The number of ether oxygens (including phenoxy) is 2. The van der Waals surface area contributed by atoms with Gasteiger partial charge in [-0.2, -0.15) is 0 Å². The van der Waals surface area contributed by atoms with Gasteiger partial charge in [0.15, 0.2) is 11.5 Å². The number of benzene rings is 2. The SMILES string of the molecule is COc1cccc(C[NH+]2CCC(C(=O)NCc3ccccc3Cl)CC2)c1OC. The van der Waals surface area contributed by atoms with Crippen LogP contribution in [-0.2, 0) is 17.9 Å². The molecule has 2 aromatic rings. The van der Waals surface area contributed by atoms with Crippen LogP contribution in [0.3, 0.4) is 0 Å². The predicted molar refractivity (Wildman–Crippen MR) is 110 cm³/mol. The highest BCUT2D eigenvalue weighted by atomic mass is 35.5. The van der Waals surface area contributed by atoms with Crippen LogP contribution < -0.4 is 19.7 Å². The Labute approximate surface area is 171 Å². The molecular formula is C22H28ClN2O3+. The van der Waals surface area contributed by atoms with Crippen LogP contribution in [0.5, 0.6) is 11.5 Å². The smallest absolute Gasteiger partial charge is 0.223 e. The molecule has 1 aliphatic rings. The molecule has 28 heavy (non-hydrogen) atoms. The number of amides is 1. The van der Waals surface area contributed by atoms with Crippen LogP contribution in [0, 0.1) is 5.92 Å². The lowest BCUT2D eigenvalue weighted by Gasteiger charge is -2.29. The van der Waals surface area contributed by atoms with Crippen molar-refractivity contribution in [3.63, 3.8) is 0 Å². The van der Waals surface area contributed by atoms with E-state index in [1.165, 1.54) is 4.90 Å². The summed E-state index contributed by atoms with van der Waals surface area (Å²) in [4.78, 5) is 14.0. The van der Waals surface area contributed by atoms with E-state index >= 15 is 0 Å². The Balaban J connectivity index is 1.51. The summed E-state index contributed by atoms with van der Waals surface area (Å²) in [5, 5.41) is 3.73.